The number of aliphatic hydroxyl groups excluding tert-OH is 2. The van der Waals surface area contributed by atoms with E-state index < -0.39 is 150 Å². The van der Waals surface area contributed by atoms with E-state index in [4.69, 9.17) is 0 Å². The Balaban J connectivity index is 3.68. The van der Waals surface area contributed by atoms with Gasteiger partial charge in [0, 0.05) is 28.2 Å². The lowest BCUT2D eigenvalue weighted by Gasteiger charge is -2.37. The van der Waals surface area contributed by atoms with Crippen molar-refractivity contribution in [2.45, 2.75) is 155 Å². The zero-order chi connectivity index (χ0) is 49.7. The Bertz CT molecular complexity index is 1810. The first-order chi connectivity index (χ1) is 29.5. The van der Waals surface area contributed by atoms with Crippen LogP contribution < -0.4 is 26.6 Å². The van der Waals surface area contributed by atoms with Crippen LogP contribution in [-0.2, 0) is 52.7 Å². The van der Waals surface area contributed by atoms with Gasteiger partial charge in [0.2, 0.25) is 53.2 Å². The molecule has 12 unspecified atom stereocenters. The number of rotatable bonds is 5. The molecule has 0 saturated carbocycles. The molecule has 1 rings (SSSR count). The molecule has 360 valence electrons. The van der Waals surface area contributed by atoms with Gasteiger partial charge >= 0.3 is 0 Å². The maximum atomic E-state index is 14.0. The molecule has 0 bridgehead atoms. The third kappa shape index (κ3) is 15.2. The van der Waals surface area contributed by atoms with E-state index in [1.54, 1.807) is 26.0 Å². The van der Waals surface area contributed by atoms with Crippen LogP contribution in [0.2, 0.25) is 0 Å². The quantitative estimate of drug-likeness (QED) is 0.108. The fourth-order valence-electron chi connectivity index (χ4n) is 6.60. The third-order valence-corrected chi connectivity index (χ3v) is 11.4. The van der Waals surface area contributed by atoms with E-state index in [9.17, 15) is 63.0 Å². The summed E-state index contributed by atoms with van der Waals surface area (Å²) in [6.45, 7) is 13.9. The molecule has 64 heavy (non-hydrogen) atoms. The number of ketones is 2. The molecule has 0 aromatic rings. The second-order valence-corrected chi connectivity index (χ2v) is 16.6. The first kappa shape index (κ1) is 56.2. The first-order valence-corrected chi connectivity index (χ1v) is 21.1. The van der Waals surface area contributed by atoms with Crippen molar-refractivity contribution in [2.24, 2.45) is 5.92 Å². The summed E-state index contributed by atoms with van der Waals surface area (Å²) in [5.41, 5.74) is 0. The van der Waals surface area contributed by atoms with Gasteiger partial charge in [0.25, 0.3) is 0 Å². The number of amides is 9. The Morgan fingerprint density at radius 1 is 0.547 bits per heavy atom. The van der Waals surface area contributed by atoms with Gasteiger partial charge in [-0.1, -0.05) is 19.1 Å². The van der Waals surface area contributed by atoms with Crippen LogP contribution in [0.15, 0.2) is 12.2 Å². The molecule has 0 radical (unpaired) electrons. The Kier molecular flexibility index (Phi) is 21.9. The van der Waals surface area contributed by atoms with Gasteiger partial charge in [-0.3, -0.25) is 52.7 Å². The number of nitrogens with one attached hydrogen (secondary N) is 5. The summed E-state index contributed by atoms with van der Waals surface area (Å²) in [4.78, 5) is 151. The fraction of sp³-hybridized carbons (Fsp3) is 0.690. The summed E-state index contributed by atoms with van der Waals surface area (Å²) in [5, 5.41) is 34.2. The molecule has 22 heteroatoms. The van der Waals surface area contributed by atoms with Gasteiger partial charge in [-0.25, -0.2) is 0 Å². The predicted octanol–water partition coefficient (Wildman–Crippen LogP) is -2.87. The predicted molar refractivity (Wildman–Crippen MR) is 231 cm³/mol. The highest BCUT2D eigenvalue weighted by atomic mass is 16.3. The molecule has 1 saturated heterocycles. The fourth-order valence-corrected chi connectivity index (χ4v) is 6.60. The number of likely N-dealkylation sites (N-methyl/N-ethyl adjacent to an activating group) is 4. The van der Waals surface area contributed by atoms with Crippen LogP contribution in [0.3, 0.4) is 0 Å². The zero-order valence-corrected chi connectivity index (χ0v) is 39.4. The topological polar surface area (TPSA) is 301 Å². The lowest BCUT2D eigenvalue weighted by atomic mass is 9.92. The normalized spacial score (nSPS) is 29.9. The number of Topliss-reactive ketones (excluding diaryl/α,β-unsaturated/α-hetero) is 2. The van der Waals surface area contributed by atoms with E-state index in [1.165, 1.54) is 76.7 Å². The summed E-state index contributed by atoms with van der Waals surface area (Å²) in [6, 6.07) is -12.1. The molecule has 1 aliphatic rings. The van der Waals surface area contributed by atoms with Crippen molar-refractivity contribution in [1.82, 2.24) is 46.2 Å². The Hall–Kier alpha value is -5.77. The highest BCUT2D eigenvalue weighted by Gasteiger charge is 2.42. The minimum atomic E-state index is -1.75. The van der Waals surface area contributed by atoms with Crippen molar-refractivity contribution < 1.29 is 63.0 Å². The standard InChI is InChI=1S/C42H69N9O13/c1-15-16-17-20(2)34(56)33-38(60)47-32(28(10)52)30(54)18-29(53)19-31(55)43-22(4)39(61)48(11)25(7)36(58)44-21(3)35(57)45-23(5)40(62)49(12)26(8)37(59)46-24(6)41(63)50(13)27(9)42(64)51(33)14/h15-16,20-28,32-34,52,56H,17-19H2,1-14H3,(H,43,55)(H,44,58)(H,45,57)(H,46,59)(H,47,60). The SMILES string of the molecule is CC=CCC(C)C(O)C1C(=O)NC(C(C)O)C(=O)CC(=O)CC(=O)NC(C)C(=O)N(C)C(C)C(=O)NC(C)C(=O)NC(C)C(=O)N(C)C(C)C(=O)NC(C)C(=O)N(C)C(C)C(=O)N1C. The lowest BCUT2D eigenvalue weighted by Crippen LogP contribution is -2.62. The summed E-state index contributed by atoms with van der Waals surface area (Å²) in [5.74, 6) is -10.1. The number of aliphatic hydroxyl groups is 2. The van der Waals surface area contributed by atoms with Crippen molar-refractivity contribution >= 4 is 64.7 Å². The first-order valence-electron chi connectivity index (χ1n) is 21.1. The number of hydrogen-bond donors (Lipinski definition) is 7. The molecule has 9 amide bonds. The van der Waals surface area contributed by atoms with Crippen LogP contribution >= 0.6 is 0 Å². The van der Waals surface area contributed by atoms with E-state index in [2.05, 4.69) is 26.6 Å². The third-order valence-electron chi connectivity index (χ3n) is 11.4. The van der Waals surface area contributed by atoms with Crippen molar-refractivity contribution in [3.05, 3.63) is 12.2 Å². The Labute approximate surface area is 374 Å². The van der Waals surface area contributed by atoms with Crippen LogP contribution in [0, 0.1) is 5.92 Å². The van der Waals surface area contributed by atoms with Crippen LogP contribution in [0.25, 0.3) is 0 Å². The van der Waals surface area contributed by atoms with E-state index >= 15 is 0 Å². The van der Waals surface area contributed by atoms with E-state index in [0.717, 1.165) is 26.5 Å². The van der Waals surface area contributed by atoms with Gasteiger partial charge < -0.3 is 56.4 Å². The van der Waals surface area contributed by atoms with Gasteiger partial charge in [-0.15, -0.1) is 0 Å². The summed E-state index contributed by atoms with van der Waals surface area (Å²) < 4.78 is 0. The molecule has 0 aromatic heterocycles. The highest BCUT2D eigenvalue weighted by Crippen LogP contribution is 2.19. The molecule has 22 nitrogen and oxygen atoms in total. The summed E-state index contributed by atoms with van der Waals surface area (Å²) in [6.07, 6.45) is -1.33. The second kappa shape index (κ2) is 24.9. The maximum Gasteiger partial charge on any atom is 0.246 e. The highest BCUT2D eigenvalue weighted by molar-refractivity contribution is 6.09. The van der Waals surface area contributed by atoms with Gasteiger partial charge in [0.05, 0.1) is 25.0 Å². The smallest absolute Gasteiger partial charge is 0.246 e. The van der Waals surface area contributed by atoms with E-state index in [0.29, 0.717) is 0 Å². The van der Waals surface area contributed by atoms with Crippen LogP contribution in [0.4, 0.5) is 0 Å². The Morgan fingerprint density at radius 3 is 1.42 bits per heavy atom. The number of carbonyl (C=O) groups is 11. The van der Waals surface area contributed by atoms with Gasteiger partial charge in [-0.05, 0) is 74.7 Å². The average Bonchev–Trinajstić information content (AvgIpc) is 3.23. The zero-order valence-electron chi connectivity index (χ0n) is 39.4. The Morgan fingerprint density at radius 2 is 0.969 bits per heavy atom. The van der Waals surface area contributed by atoms with Crippen molar-refractivity contribution in [2.75, 3.05) is 28.2 Å². The number of allylic oxidation sites excluding steroid dienone is 2. The van der Waals surface area contributed by atoms with Crippen LogP contribution in [0.1, 0.15) is 88.5 Å². The van der Waals surface area contributed by atoms with Crippen molar-refractivity contribution in [3.8, 4) is 0 Å². The molecular formula is C42H69N9O13. The van der Waals surface area contributed by atoms with E-state index in [-0.39, 0.29) is 6.42 Å². The summed E-state index contributed by atoms with van der Waals surface area (Å²) >= 11 is 0. The maximum absolute atomic E-state index is 14.0. The monoisotopic (exact) mass is 908 g/mol. The minimum absolute atomic E-state index is 0.255. The van der Waals surface area contributed by atoms with Crippen LogP contribution in [0.5, 0.6) is 0 Å². The lowest BCUT2D eigenvalue weighted by molar-refractivity contribution is -0.152. The van der Waals surface area contributed by atoms with Crippen LogP contribution in [-0.4, -0.2) is 189 Å². The molecule has 12 atom stereocenters. The molecule has 7 N–H and O–H groups in total. The van der Waals surface area contributed by atoms with Gasteiger partial charge in [-0.2, -0.15) is 0 Å². The molecular weight excluding hydrogens is 839 g/mol. The van der Waals surface area contributed by atoms with Crippen molar-refractivity contribution in [1.29, 1.82) is 0 Å². The average molecular weight is 908 g/mol. The molecule has 1 aliphatic heterocycles. The molecule has 1 heterocycles. The van der Waals surface area contributed by atoms with Gasteiger partial charge in [0.1, 0.15) is 60.2 Å². The molecule has 0 aliphatic carbocycles. The largest absolute Gasteiger partial charge is 0.391 e. The molecule has 0 spiro atoms. The number of nitrogens with zero attached hydrogens (tertiary/aromatic N) is 4. The molecule has 1 fully saturated rings. The van der Waals surface area contributed by atoms with Crippen molar-refractivity contribution in [3.63, 3.8) is 0 Å². The minimum Gasteiger partial charge on any atom is -0.391 e. The number of carbonyl (C=O) groups excluding carboxylic acids is 11. The van der Waals surface area contributed by atoms with Gasteiger partial charge in [0.15, 0.2) is 5.78 Å². The number of hydrogen-bond acceptors (Lipinski definition) is 13. The van der Waals surface area contributed by atoms with E-state index in [1.807, 2.05) is 0 Å². The second-order valence-electron chi connectivity index (χ2n) is 16.6. The summed E-state index contributed by atoms with van der Waals surface area (Å²) in [7, 11) is 5.04. The molecule has 0 aromatic carbocycles.